The van der Waals surface area contributed by atoms with Gasteiger partial charge in [-0.05, 0) is 49.9 Å². The van der Waals surface area contributed by atoms with E-state index < -0.39 is 5.41 Å². The molecule has 2 aromatic rings. The van der Waals surface area contributed by atoms with Crippen molar-refractivity contribution in [1.29, 1.82) is 0 Å². The average Bonchev–Trinajstić information content (AvgIpc) is 2.74. The Balaban J connectivity index is 2.23. The highest BCUT2D eigenvalue weighted by molar-refractivity contribution is 5.95. The number of carbonyl (C=O) groups excluding carboxylic acids is 1. The maximum absolute atomic E-state index is 13.9. The van der Waals surface area contributed by atoms with Crippen LogP contribution in [0.25, 0.3) is 0 Å². The van der Waals surface area contributed by atoms with Crippen molar-refractivity contribution in [3.05, 3.63) is 71.8 Å². The zero-order valence-corrected chi connectivity index (χ0v) is 16.9. The molecule has 1 atom stereocenters. The third-order valence-corrected chi connectivity index (χ3v) is 6.09. The first-order valence-electron chi connectivity index (χ1n) is 10.6. The molecule has 3 rings (SSSR count). The van der Waals surface area contributed by atoms with Crippen molar-refractivity contribution in [2.24, 2.45) is 0 Å². The number of piperidine rings is 1. The Morgan fingerprint density at radius 1 is 0.889 bits per heavy atom. The summed E-state index contributed by atoms with van der Waals surface area (Å²) < 4.78 is 0. The van der Waals surface area contributed by atoms with Crippen LogP contribution in [-0.4, -0.2) is 29.8 Å². The van der Waals surface area contributed by atoms with E-state index >= 15 is 0 Å². The Morgan fingerprint density at radius 3 is 1.85 bits per heavy atom. The third kappa shape index (κ3) is 3.87. The molecule has 0 spiro atoms. The van der Waals surface area contributed by atoms with Gasteiger partial charge in [0.1, 0.15) is 5.78 Å². The molecular weight excluding hydrogens is 330 g/mol. The second-order valence-corrected chi connectivity index (χ2v) is 7.73. The topological polar surface area (TPSA) is 20.3 Å². The first-order chi connectivity index (χ1) is 13.2. The number of nitrogens with zero attached hydrogens (tertiary/aromatic N) is 1. The minimum absolute atomic E-state index is 0.196. The minimum Gasteiger partial charge on any atom is -0.299 e. The Morgan fingerprint density at radius 2 is 1.41 bits per heavy atom. The number of hydrogen-bond acceptors (Lipinski definition) is 2. The van der Waals surface area contributed by atoms with Crippen molar-refractivity contribution < 1.29 is 4.79 Å². The Hall–Kier alpha value is -1.93. The number of hydrogen-bond donors (Lipinski definition) is 0. The summed E-state index contributed by atoms with van der Waals surface area (Å²) in [6, 6.07) is 21.2. The summed E-state index contributed by atoms with van der Waals surface area (Å²) in [4.78, 5) is 16.5. The van der Waals surface area contributed by atoms with Crippen molar-refractivity contribution in [3.63, 3.8) is 0 Å². The van der Waals surface area contributed by atoms with E-state index in [0.29, 0.717) is 12.2 Å². The molecule has 0 bridgehead atoms. The molecule has 0 aromatic heterocycles. The van der Waals surface area contributed by atoms with Crippen LogP contribution in [0.1, 0.15) is 63.5 Å². The number of carbonyl (C=O) groups is 1. The Bertz CT molecular complexity index is 664. The highest BCUT2D eigenvalue weighted by atomic mass is 16.1. The number of ketones is 1. The van der Waals surface area contributed by atoms with Crippen LogP contribution in [0.4, 0.5) is 0 Å². The molecule has 1 unspecified atom stereocenters. The standard InChI is InChI=1S/C25H33NO/c1-3-14-24(27)25(21-15-8-5-9-16-21,22-17-10-6-11-18-22)23(4-2)26-19-12-7-13-20-26/h5-6,8-11,15-18,23H,3-4,7,12-14,19-20H2,1-2H3. The summed E-state index contributed by atoms with van der Waals surface area (Å²) in [7, 11) is 0. The molecule has 0 radical (unpaired) electrons. The molecule has 1 aliphatic heterocycles. The van der Waals surface area contributed by atoms with Gasteiger partial charge in [-0.25, -0.2) is 0 Å². The molecule has 2 aromatic carbocycles. The van der Waals surface area contributed by atoms with Gasteiger partial charge in [0.15, 0.2) is 0 Å². The molecular formula is C25H33NO. The predicted molar refractivity (Wildman–Crippen MR) is 113 cm³/mol. The molecule has 2 nitrogen and oxygen atoms in total. The van der Waals surface area contributed by atoms with Crippen molar-refractivity contribution in [2.75, 3.05) is 13.1 Å². The smallest absolute Gasteiger partial charge is 0.149 e. The van der Waals surface area contributed by atoms with Crippen LogP contribution in [0.5, 0.6) is 0 Å². The van der Waals surface area contributed by atoms with Crippen molar-refractivity contribution >= 4 is 5.78 Å². The van der Waals surface area contributed by atoms with Gasteiger partial charge in [-0.3, -0.25) is 9.69 Å². The van der Waals surface area contributed by atoms with Gasteiger partial charge >= 0.3 is 0 Å². The lowest BCUT2D eigenvalue weighted by Crippen LogP contribution is -2.56. The van der Waals surface area contributed by atoms with Gasteiger partial charge in [0.25, 0.3) is 0 Å². The van der Waals surface area contributed by atoms with Gasteiger partial charge in [-0.15, -0.1) is 0 Å². The average molecular weight is 364 g/mol. The number of benzene rings is 2. The van der Waals surface area contributed by atoms with E-state index in [1.165, 1.54) is 19.3 Å². The first kappa shape index (κ1) is 19.8. The van der Waals surface area contributed by atoms with Crippen LogP contribution in [0.3, 0.4) is 0 Å². The molecule has 1 heterocycles. The summed E-state index contributed by atoms with van der Waals surface area (Å²) >= 11 is 0. The van der Waals surface area contributed by atoms with Crippen LogP contribution in [0, 0.1) is 0 Å². The van der Waals surface area contributed by atoms with E-state index in [1.807, 2.05) is 12.1 Å². The zero-order valence-electron chi connectivity index (χ0n) is 16.9. The van der Waals surface area contributed by atoms with Crippen LogP contribution in [0.2, 0.25) is 0 Å². The fourth-order valence-corrected chi connectivity index (χ4v) is 4.95. The fourth-order valence-electron chi connectivity index (χ4n) is 4.95. The van der Waals surface area contributed by atoms with Gasteiger partial charge in [-0.2, -0.15) is 0 Å². The van der Waals surface area contributed by atoms with E-state index in [1.54, 1.807) is 0 Å². The van der Waals surface area contributed by atoms with Gasteiger partial charge in [0.05, 0.1) is 5.41 Å². The maximum Gasteiger partial charge on any atom is 0.149 e. The Kier molecular flexibility index (Phi) is 6.84. The lowest BCUT2D eigenvalue weighted by atomic mass is 9.64. The van der Waals surface area contributed by atoms with Crippen molar-refractivity contribution in [3.8, 4) is 0 Å². The van der Waals surface area contributed by atoms with E-state index in [9.17, 15) is 4.79 Å². The summed E-state index contributed by atoms with van der Waals surface area (Å²) in [6.07, 6.45) is 6.25. The third-order valence-electron chi connectivity index (χ3n) is 6.09. The van der Waals surface area contributed by atoms with Crippen LogP contribution < -0.4 is 0 Å². The summed E-state index contributed by atoms with van der Waals surface area (Å²) in [5, 5.41) is 0. The van der Waals surface area contributed by atoms with Gasteiger partial charge in [0.2, 0.25) is 0 Å². The maximum atomic E-state index is 13.9. The lowest BCUT2D eigenvalue weighted by molar-refractivity contribution is -0.126. The molecule has 1 fully saturated rings. The van der Waals surface area contributed by atoms with Crippen molar-refractivity contribution in [2.45, 2.75) is 63.8 Å². The van der Waals surface area contributed by atoms with Gasteiger partial charge in [-0.1, -0.05) is 80.9 Å². The molecule has 0 N–H and O–H groups in total. The van der Waals surface area contributed by atoms with Crippen LogP contribution in [0.15, 0.2) is 60.7 Å². The molecule has 0 amide bonds. The van der Waals surface area contributed by atoms with E-state index in [2.05, 4.69) is 67.3 Å². The molecule has 0 saturated carbocycles. The molecule has 1 aliphatic rings. The number of likely N-dealkylation sites (tertiary alicyclic amines) is 1. The predicted octanol–water partition coefficient (Wildman–Crippen LogP) is 5.61. The first-order valence-corrected chi connectivity index (χ1v) is 10.6. The molecule has 1 saturated heterocycles. The number of Topliss-reactive ketones (excluding diaryl/α,β-unsaturated/α-hetero) is 1. The second-order valence-electron chi connectivity index (χ2n) is 7.73. The molecule has 0 aliphatic carbocycles. The van der Waals surface area contributed by atoms with E-state index in [0.717, 1.165) is 37.1 Å². The van der Waals surface area contributed by atoms with Gasteiger partial charge in [0, 0.05) is 12.5 Å². The summed E-state index contributed by atoms with van der Waals surface area (Å²) in [5.41, 5.74) is 1.70. The highest BCUT2D eigenvalue weighted by Gasteiger charge is 2.49. The molecule has 27 heavy (non-hydrogen) atoms. The Labute approximate surface area is 164 Å². The quantitative estimate of drug-likeness (QED) is 0.608. The van der Waals surface area contributed by atoms with E-state index in [-0.39, 0.29) is 6.04 Å². The second kappa shape index (κ2) is 9.32. The van der Waals surface area contributed by atoms with Crippen molar-refractivity contribution in [1.82, 2.24) is 4.90 Å². The molecule has 2 heteroatoms. The van der Waals surface area contributed by atoms with Crippen LogP contribution in [-0.2, 0) is 10.2 Å². The lowest BCUT2D eigenvalue weighted by Gasteiger charge is -2.47. The normalized spacial score (nSPS) is 16.8. The zero-order chi connectivity index (χ0) is 19.1. The largest absolute Gasteiger partial charge is 0.299 e. The van der Waals surface area contributed by atoms with Gasteiger partial charge < -0.3 is 0 Å². The fraction of sp³-hybridized carbons (Fsp3) is 0.480. The SMILES string of the molecule is CCCC(=O)C(c1ccccc1)(c1ccccc1)C(CC)N1CCCCC1. The van der Waals surface area contributed by atoms with Crippen LogP contribution >= 0.6 is 0 Å². The summed E-state index contributed by atoms with van der Waals surface area (Å²) in [5.74, 6) is 0.361. The number of rotatable bonds is 8. The minimum atomic E-state index is -0.593. The summed E-state index contributed by atoms with van der Waals surface area (Å²) in [6.45, 7) is 6.55. The monoisotopic (exact) mass is 363 g/mol. The highest BCUT2D eigenvalue weighted by Crippen LogP contribution is 2.42. The molecule has 144 valence electrons. The van der Waals surface area contributed by atoms with E-state index in [4.69, 9.17) is 0 Å².